The predicted molar refractivity (Wildman–Crippen MR) is 86.6 cm³/mol. The molecule has 0 aliphatic rings. The van der Waals surface area contributed by atoms with Gasteiger partial charge in [0.2, 0.25) is 0 Å². The first-order valence-corrected chi connectivity index (χ1v) is 7.05. The fourth-order valence-corrected chi connectivity index (χ4v) is 2.49. The minimum absolute atomic E-state index is 0.00594. The highest BCUT2D eigenvalue weighted by molar-refractivity contribution is 5.98. The van der Waals surface area contributed by atoms with Crippen LogP contribution in [0.25, 0.3) is 10.8 Å². The van der Waals surface area contributed by atoms with Crippen LogP contribution in [0.3, 0.4) is 0 Å². The van der Waals surface area contributed by atoms with E-state index >= 15 is 0 Å². The van der Waals surface area contributed by atoms with Crippen molar-refractivity contribution in [1.82, 2.24) is 0 Å². The van der Waals surface area contributed by atoms with E-state index in [1.54, 1.807) is 12.1 Å². The third-order valence-corrected chi connectivity index (χ3v) is 3.68. The van der Waals surface area contributed by atoms with Crippen molar-refractivity contribution in [3.8, 4) is 11.5 Å². The lowest BCUT2D eigenvalue weighted by Crippen LogP contribution is -2.03. The molecule has 0 aliphatic carbocycles. The van der Waals surface area contributed by atoms with Crippen molar-refractivity contribution in [3.05, 3.63) is 71.8 Å². The molecule has 0 spiro atoms. The Morgan fingerprint density at radius 2 is 1.77 bits per heavy atom. The van der Waals surface area contributed by atoms with Crippen molar-refractivity contribution in [3.63, 3.8) is 0 Å². The number of rotatable bonds is 4. The molecule has 0 heterocycles. The van der Waals surface area contributed by atoms with Gasteiger partial charge in [0.15, 0.2) is 17.3 Å². The number of carbonyl (C=O) groups excluding carboxylic acids is 1. The zero-order valence-electron chi connectivity index (χ0n) is 12.2. The maximum atomic E-state index is 12.4. The average Bonchev–Trinajstić information content (AvgIpc) is 2.55. The SMILES string of the molecule is COc1cc(C(=O)Cc2ccc3ccccc3c2)ccc1O. The Morgan fingerprint density at radius 1 is 1.00 bits per heavy atom. The average molecular weight is 292 g/mol. The standard InChI is InChI=1S/C19H16O3/c1-22-19-12-16(8-9-17(19)20)18(21)11-13-6-7-14-4-2-3-5-15(14)10-13/h2-10,12,20H,11H2,1H3. The molecule has 0 unspecified atom stereocenters. The number of hydrogen-bond acceptors (Lipinski definition) is 3. The second-order valence-electron chi connectivity index (χ2n) is 5.17. The number of Topliss-reactive ketones (excluding diaryl/α,β-unsaturated/α-hetero) is 1. The molecule has 0 atom stereocenters. The molecule has 0 saturated heterocycles. The number of phenolic OH excluding ortho intramolecular Hbond substituents is 1. The normalized spacial score (nSPS) is 10.6. The quantitative estimate of drug-likeness (QED) is 0.740. The second kappa shape index (κ2) is 5.90. The van der Waals surface area contributed by atoms with Crippen LogP contribution in [-0.4, -0.2) is 18.0 Å². The van der Waals surface area contributed by atoms with Crippen molar-refractivity contribution < 1.29 is 14.6 Å². The van der Waals surface area contributed by atoms with Crippen LogP contribution >= 0.6 is 0 Å². The highest BCUT2D eigenvalue weighted by Crippen LogP contribution is 2.27. The van der Waals surface area contributed by atoms with Crippen LogP contribution in [0.5, 0.6) is 11.5 Å². The van der Waals surface area contributed by atoms with Crippen molar-refractivity contribution >= 4 is 16.6 Å². The largest absolute Gasteiger partial charge is 0.504 e. The number of hydrogen-bond donors (Lipinski definition) is 1. The van der Waals surface area contributed by atoms with Crippen molar-refractivity contribution in [2.45, 2.75) is 6.42 Å². The summed E-state index contributed by atoms with van der Waals surface area (Å²) in [4.78, 5) is 12.4. The summed E-state index contributed by atoms with van der Waals surface area (Å²) in [5, 5.41) is 11.9. The second-order valence-corrected chi connectivity index (χ2v) is 5.17. The van der Waals surface area contributed by atoms with Crippen molar-refractivity contribution in [2.75, 3.05) is 7.11 Å². The number of aromatic hydroxyl groups is 1. The Balaban J connectivity index is 1.86. The molecule has 3 aromatic carbocycles. The van der Waals surface area contributed by atoms with Crippen LogP contribution in [0.1, 0.15) is 15.9 Å². The van der Waals surface area contributed by atoms with Gasteiger partial charge in [-0.15, -0.1) is 0 Å². The lowest BCUT2D eigenvalue weighted by atomic mass is 10.00. The van der Waals surface area contributed by atoms with Crippen molar-refractivity contribution in [1.29, 1.82) is 0 Å². The molecule has 0 fully saturated rings. The molecule has 3 heteroatoms. The first kappa shape index (κ1) is 14.1. The minimum Gasteiger partial charge on any atom is -0.504 e. The molecular formula is C19H16O3. The minimum atomic E-state index is -0.00594. The smallest absolute Gasteiger partial charge is 0.167 e. The van der Waals surface area contributed by atoms with Crippen LogP contribution in [0.15, 0.2) is 60.7 Å². The van der Waals surface area contributed by atoms with Crippen LogP contribution in [-0.2, 0) is 6.42 Å². The number of fused-ring (bicyclic) bond motifs is 1. The fourth-order valence-electron chi connectivity index (χ4n) is 2.49. The van der Waals surface area contributed by atoms with Gasteiger partial charge in [-0.1, -0.05) is 42.5 Å². The summed E-state index contributed by atoms with van der Waals surface area (Å²) in [5.74, 6) is 0.336. The number of methoxy groups -OCH3 is 1. The van der Waals surface area contributed by atoms with E-state index < -0.39 is 0 Å². The Hall–Kier alpha value is -2.81. The molecule has 3 aromatic rings. The van der Waals surface area contributed by atoms with E-state index in [9.17, 15) is 9.90 Å². The van der Waals surface area contributed by atoms with E-state index in [4.69, 9.17) is 4.74 Å². The molecule has 110 valence electrons. The van der Waals surface area contributed by atoms with Gasteiger partial charge in [0.25, 0.3) is 0 Å². The van der Waals surface area contributed by atoms with Crippen LogP contribution in [0.2, 0.25) is 0 Å². The summed E-state index contributed by atoms with van der Waals surface area (Å²) < 4.78 is 5.04. The number of ether oxygens (including phenoxy) is 1. The predicted octanol–water partition coefficient (Wildman–Crippen LogP) is 3.98. The Morgan fingerprint density at radius 3 is 2.55 bits per heavy atom. The monoisotopic (exact) mass is 292 g/mol. The van der Waals surface area contributed by atoms with Crippen LogP contribution in [0, 0.1) is 0 Å². The van der Waals surface area contributed by atoms with Gasteiger partial charge < -0.3 is 9.84 Å². The topological polar surface area (TPSA) is 46.5 Å². The van der Waals surface area contributed by atoms with E-state index in [1.165, 1.54) is 13.2 Å². The summed E-state index contributed by atoms with van der Waals surface area (Å²) in [7, 11) is 1.46. The summed E-state index contributed by atoms with van der Waals surface area (Å²) in [6, 6.07) is 18.7. The van der Waals surface area contributed by atoms with Gasteiger partial charge in [-0.05, 0) is 34.5 Å². The van der Waals surface area contributed by atoms with E-state index in [2.05, 4.69) is 0 Å². The molecule has 0 bridgehead atoms. The zero-order chi connectivity index (χ0) is 15.5. The number of ketones is 1. The molecule has 1 N–H and O–H groups in total. The third-order valence-electron chi connectivity index (χ3n) is 3.68. The van der Waals surface area contributed by atoms with E-state index in [1.807, 2.05) is 42.5 Å². The van der Waals surface area contributed by atoms with Crippen LogP contribution < -0.4 is 4.74 Å². The Bertz CT molecular complexity index is 837. The van der Waals surface area contributed by atoms with Gasteiger partial charge in [-0.25, -0.2) is 0 Å². The van der Waals surface area contributed by atoms with Gasteiger partial charge in [-0.3, -0.25) is 4.79 Å². The molecule has 0 saturated carbocycles. The number of phenols is 1. The van der Waals surface area contributed by atoms with Gasteiger partial charge in [-0.2, -0.15) is 0 Å². The maximum absolute atomic E-state index is 12.4. The number of benzene rings is 3. The lowest BCUT2D eigenvalue weighted by Gasteiger charge is -2.07. The van der Waals surface area contributed by atoms with Gasteiger partial charge in [0.05, 0.1) is 7.11 Å². The summed E-state index contributed by atoms with van der Waals surface area (Å²) >= 11 is 0. The molecule has 0 aromatic heterocycles. The Labute approximate surface area is 128 Å². The molecule has 0 amide bonds. The highest BCUT2D eigenvalue weighted by atomic mass is 16.5. The van der Waals surface area contributed by atoms with Gasteiger partial charge in [0.1, 0.15) is 0 Å². The third kappa shape index (κ3) is 2.79. The fraction of sp³-hybridized carbons (Fsp3) is 0.105. The van der Waals surface area contributed by atoms with Crippen LogP contribution in [0.4, 0.5) is 0 Å². The van der Waals surface area contributed by atoms with E-state index in [0.29, 0.717) is 17.7 Å². The highest BCUT2D eigenvalue weighted by Gasteiger charge is 2.11. The lowest BCUT2D eigenvalue weighted by molar-refractivity contribution is 0.0992. The summed E-state index contributed by atoms with van der Waals surface area (Å²) in [5.41, 5.74) is 1.50. The Kier molecular flexibility index (Phi) is 3.79. The first-order valence-electron chi connectivity index (χ1n) is 7.05. The molecule has 3 nitrogen and oxygen atoms in total. The summed E-state index contributed by atoms with van der Waals surface area (Å²) in [6.07, 6.45) is 0.318. The first-order chi connectivity index (χ1) is 10.7. The van der Waals surface area contributed by atoms with Crippen molar-refractivity contribution in [2.24, 2.45) is 0 Å². The number of carbonyl (C=O) groups is 1. The van der Waals surface area contributed by atoms with Gasteiger partial charge >= 0.3 is 0 Å². The van der Waals surface area contributed by atoms with E-state index in [0.717, 1.165) is 16.3 Å². The van der Waals surface area contributed by atoms with Gasteiger partial charge in [0, 0.05) is 12.0 Å². The molecule has 0 aliphatic heterocycles. The molecule has 0 radical (unpaired) electrons. The molecule has 3 rings (SSSR count). The summed E-state index contributed by atoms with van der Waals surface area (Å²) in [6.45, 7) is 0. The molecule has 22 heavy (non-hydrogen) atoms. The maximum Gasteiger partial charge on any atom is 0.167 e. The molecular weight excluding hydrogens is 276 g/mol. The van der Waals surface area contributed by atoms with E-state index in [-0.39, 0.29) is 11.5 Å². The zero-order valence-corrected chi connectivity index (χ0v) is 12.2.